The molecule has 2 heterocycles. The monoisotopic (exact) mass is 513 g/mol. The molecule has 28 heavy (non-hydrogen) atoms. The first kappa shape index (κ1) is 23.1. The highest BCUT2D eigenvalue weighted by atomic mass is 127. The maximum atomic E-state index is 4.55. The number of nitrogens with one attached hydrogen (secondary N) is 1. The molecule has 1 atom stereocenters. The van der Waals surface area contributed by atoms with Crippen LogP contribution in [0, 0.1) is 0 Å². The van der Waals surface area contributed by atoms with Crippen LogP contribution in [0.3, 0.4) is 0 Å². The summed E-state index contributed by atoms with van der Waals surface area (Å²) in [5, 5.41) is 4.22. The maximum absolute atomic E-state index is 4.55. The molecule has 5 nitrogen and oxygen atoms in total. The van der Waals surface area contributed by atoms with Gasteiger partial charge in [0.25, 0.3) is 0 Å². The molecule has 0 aliphatic carbocycles. The van der Waals surface area contributed by atoms with Gasteiger partial charge >= 0.3 is 0 Å². The van der Waals surface area contributed by atoms with Gasteiger partial charge in [0.05, 0.1) is 6.54 Å². The number of guanidine groups is 1. The third kappa shape index (κ3) is 6.69. The molecule has 1 aromatic heterocycles. The van der Waals surface area contributed by atoms with Crippen molar-refractivity contribution in [1.29, 1.82) is 0 Å². The third-order valence-electron chi connectivity index (χ3n) is 5.02. The van der Waals surface area contributed by atoms with Crippen LogP contribution in [-0.2, 0) is 19.5 Å². The highest BCUT2D eigenvalue weighted by molar-refractivity contribution is 14.0. The fourth-order valence-corrected chi connectivity index (χ4v) is 4.64. The van der Waals surface area contributed by atoms with Gasteiger partial charge in [-0.05, 0) is 24.8 Å². The van der Waals surface area contributed by atoms with E-state index in [0.29, 0.717) is 11.8 Å². The van der Waals surface area contributed by atoms with Gasteiger partial charge in [-0.15, -0.1) is 24.0 Å². The summed E-state index contributed by atoms with van der Waals surface area (Å²) < 4.78 is 2.25. The molecule has 0 spiro atoms. The highest BCUT2D eigenvalue weighted by Gasteiger charge is 2.21. The Kier molecular flexibility index (Phi) is 10.2. The molecule has 1 aromatic carbocycles. The van der Waals surface area contributed by atoms with E-state index in [1.54, 1.807) is 0 Å². The largest absolute Gasteiger partial charge is 0.349 e. The fourth-order valence-electron chi connectivity index (χ4n) is 3.46. The van der Waals surface area contributed by atoms with Gasteiger partial charge in [0.2, 0.25) is 0 Å². The Morgan fingerprint density at radius 1 is 1.32 bits per heavy atom. The lowest BCUT2D eigenvalue weighted by molar-refractivity contribution is 0.406. The number of aryl methyl sites for hydroxylation is 2. The van der Waals surface area contributed by atoms with E-state index in [0.717, 1.165) is 44.3 Å². The Morgan fingerprint density at radius 2 is 2.14 bits per heavy atom. The van der Waals surface area contributed by atoms with Crippen LogP contribution >= 0.6 is 35.7 Å². The summed E-state index contributed by atoms with van der Waals surface area (Å²) in [4.78, 5) is 11.4. The number of rotatable bonds is 7. The van der Waals surface area contributed by atoms with Crippen molar-refractivity contribution in [3.05, 3.63) is 54.1 Å². The molecule has 1 aliphatic heterocycles. The van der Waals surface area contributed by atoms with Crippen LogP contribution < -0.4 is 5.32 Å². The van der Waals surface area contributed by atoms with Crippen molar-refractivity contribution in [2.45, 2.75) is 44.5 Å². The van der Waals surface area contributed by atoms with Gasteiger partial charge in [0.1, 0.15) is 5.82 Å². The lowest BCUT2D eigenvalue weighted by atomic mass is 10.1. The van der Waals surface area contributed by atoms with Gasteiger partial charge in [-0.2, -0.15) is 11.8 Å². The number of aromatic nitrogens is 2. The van der Waals surface area contributed by atoms with Gasteiger partial charge in [0.15, 0.2) is 5.96 Å². The normalized spacial score (nSPS) is 17.3. The van der Waals surface area contributed by atoms with Crippen LogP contribution in [0.2, 0.25) is 0 Å². The topological polar surface area (TPSA) is 45.4 Å². The second-order valence-electron chi connectivity index (χ2n) is 6.87. The first-order valence-electron chi connectivity index (χ1n) is 9.91. The molecule has 1 saturated heterocycles. The van der Waals surface area contributed by atoms with Gasteiger partial charge in [-0.25, -0.2) is 4.98 Å². The minimum absolute atomic E-state index is 0. The van der Waals surface area contributed by atoms with E-state index >= 15 is 0 Å². The summed E-state index contributed by atoms with van der Waals surface area (Å²) in [6.07, 6.45) is 7.40. The Hall–Kier alpha value is -1.22. The number of imidazole rings is 1. The SMILES string of the molecule is CCC1CN(C(=NC)NCc2nccn2CCCc2ccccc2)CCS1.I. The molecule has 1 fully saturated rings. The van der Waals surface area contributed by atoms with Crippen LogP contribution in [-0.4, -0.2) is 51.6 Å². The molecule has 0 saturated carbocycles. The van der Waals surface area contributed by atoms with E-state index in [9.17, 15) is 0 Å². The first-order chi connectivity index (χ1) is 13.3. The maximum Gasteiger partial charge on any atom is 0.194 e. The zero-order valence-corrected chi connectivity index (χ0v) is 20.0. The number of halogens is 1. The molecular weight excluding hydrogens is 481 g/mol. The Balaban J connectivity index is 0.00000280. The Labute approximate surface area is 190 Å². The average molecular weight is 513 g/mol. The van der Waals surface area contributed by atoms with E-state index in [1.807, 2.05) is 13.2 Å². The van der Waals surface area contributed by atoms with Crippen molar-refractivity contribution in [3.63, 3.8) is 0 Å². The van der Waals surface area contributed by atoms with E-state index in [2.05, 4.69) is 80.0 Å². The zero-order chi connectivity index (χ0) is 18.9. The lowest BCUT2D eigenvalue weighted by Gasteiger charge is -2.34. The number of hydrogen-bond donors (Lipinski definition) is 1. The van der Waals surface area contributed by atoms with Crippen molar-refractivity contribution in [2.75, 3.05) is 25.9 Å². The second-order valence-corrected chi connectivity index (χ2v) is 8.28. The number of hydrogen-bond acceptors (Lipinski definition) is 3. The predicted octanol–water partition coefficient (Wildman–Crippen LogP) is 4.04. The van der Waals surface area contributed by atoms with Crippen molar-refractivity contribution >= 4 is 41.7 Å². The number of aliphatic imine (C=N–C) groups is 1. The van der Waals surface area contributed by atoms with Gasteiger partial charge in [0, 0.05) is 50.1 Å². The van der Waals surface area contributed by atoms with Crippen LogP contribution in [0.15, 0.2) is 47.7 Å². The van der Waals surface area contributed by atoms with E-state index < -0.39 is 0 Å². The molecule has 0 radical (unpaired) electrons. The standard InChI is InChI=1S/C21H31N5S.HI/c1-3-19-17-26(14-15-27-19)21(22-2)24-16-20-23-11-13-25(20)12-7-10-18-8-5-4-6-9-18;/h4-6,8-9,11,13,19H,3,7,10,12,14-17H2,1-2H3,(H,22,24);1H. The molecule has 2 aromatic rings. The molecule has 0 bridgehead atoms. The fraction of sp³-hybridized carbons (Fsp3) is 0.524. The van der Waals surface area contributed by atoms with Crippen LogP contribution in [0.1, 0.15) is 31.2 Å². The highest BCUT2D eigenvalue weighted by Crippen LogP contribution is 2.21. The summed E-state index contributed by atoms with van der Waals surface area (Å²) in [6, 6.07) is 10.7. The van der Waals surface area contributed by atoms with E-state index in [1.165, 1.54) is 17.7 Å². The molecule has 1 aliphatic rings. The zero-order valence-electron chi connectivity index (χ0n) is 16.9. The molecule has 7 heteroatoms. The molecule has 1 unspecified atom stereocenters. The number of benzene rings is 1. The second kappa shape index (κ2) is 12.4. The minimum Gasteiger partial charge on any atom is -0.349 e. The molecule has 0 amide bonds. The van der Waals surface area contributed by atoms with E-state index in [4.69, 9.17) is 0 Å². The number of nitrogens with zero attached hydrogens (tertiary/aromatic N) is 4. The van der Waals surface area contributed by atoms with Gasteiger partial charge in [-0.3, -0.25) is 4.99 Å². The van der Waals surface area contributed by atoms with E-state index in [-0.39, 0.29) is 24.0 Å². The van der Waals surface area contributed by atoms with Crippen LogP contribution in [0.4, 0.5) is 0 Å². The van der Waals surface area contributed by atoms with Crippen molar-refractivity contribution in [2.24, 2.45) is 4.99 Å². The molecule has 1 N–H and O–H groups in total. The lowest BCUT2D eigenvalue weighted by Crippen LogP contribution is -2.47. The molecular formula is C21H32IN5S. The van der Waals surface area contributed by atoms with Crippen LogP contribution in [0.25, 0.3) is 0 Å². The number of thioether (sulfide) groups is 1. The molecule has 3 rings (SSSR count). The van der Waals surface area contributed by atoms with Crippen molar-refractivity contribution in [3.8, 4) is 0 Å². The average Bonchev–Trinajstić information content (AvgIpc) is 3.17. The van der Waals surface area contributed by atoms with Crippen LogP contribution in [0.5, 0.6) is 0 Å². The Morgan fingerprint density at radius 3 is 2.89 bits per heavy atom. The Bertz CT molecular complexity index is 719. The smallest absolute Gasteiger partial charge is 0.194 e. The van der Waals surface area contributed by atoms with Crippen molar-refractivity contribution in [1.82, 2.24) is 19.8 Å². The summed E-state index contributed by atoms with van der Waals surface area (Å²) in [6.45, 7) is 6.11. The molecule has 154 valence electrons. The summed E-state index contributed by atoms with van der Waals surface area (Å²) in [5.74, 6) is 3.24. The summed E-state index contributed by atoms with van der Waals surface area (Å²) >= 11 is 2.08. The quantitative estimate of drug-likeness (QED) is 0.345. The summed E-state index contributed by atoms with van der Waals surface area (Å²) in [7, 11) is 1.87. The third-order valence-corrected chi connectivity index (χ3v) is 6.39. The van der Waals surface area contributed by atoms with Gasteiger partial charge < -0.3 is 14.8 Å². The van der Waals surface area contributed by atoms with Crippen molar-refractivity contribution < 1.29 is 0 Å². The predicted molar refractivity (Wildman–Crippen MR) is 131 cm³/mol. The van der Waals surface area contributed by atoms with Gasteiger partial charge in [-0.1, -0.05) is 37.3 Å². The minimum atomic E-state index is 0. The first-order valence-corrected chi connectivity index (χ1v) is 11.0. The summed E-state index contributed by atoms with van der Waals surface area (Å²) in [5.41, 5.74) is 1.39.